The van der Waals surface area contributed by atoms with E-state index in [1.54, 1.807) is 0 Å². The number of hydrogen-bond acceptors (Lipinski definition) is 6. The van der Waals surface area contributed by atoms with Crippen molar-refractivity contribution in [3.8, 4) is 0 Å². The summed E-state index contributed by atoms with van der Waals surface area (Å²) in [6, 6.07) is 14.9. The molecule has 0 aliphatic heterocycles. The molecule has 1 heterocycles. The van der Waals surface area contributed by atoms with Crippen LogP contribution in [0.3, 0.4) is 0 Å². The lowest BCUT2D eigenvalue weighted by atomic mass is 10.1. The van der Waals surface area contributed by atoms with Crippen LogP contribution < -0.4 is 5.32 Å². The Labute approximate surface area is 178 Å². The maximum Gasteiger partial charge on any atom is 0.416 e. The summed E-state index contributed by atoms with van der Waals surface area (Å²) in [4.78, 5) is 12.0. The first-order valence-electron chi connectivity index (χ1n) is 8.44. The highest BCUT2D eigenvalue weighted by Gasteiger charge is 2.29. The van der Waals surface area contributed by atoms with Crippen molar-refractivity contribution >= 4 is 45.9 Å². The van der Waals surface area contributed by atoms with E-state index in [-0.39, 0.29) is 5.91 Å². The number of hydrogen-bond donors (Lipinski definition) is 1. The summed E-state index contributed by atoms with van der Waals surface area (Å²) in [5.41, 5.74) is 1.24. The number of rotatable bonds is 8. The summed E-state index contributed by atoms with van der Waals surface area (Å²) in [7, 11) is 0. The van der Waals surface area contributed by atoms with Crippen LogP contribution in [-0.4, -0.2) is 21.9 Å². The summed E-state index contributed by atoms with van der Waals surface area (Å²) in [6.07, 6.45) is -4.34. The van der Waals surface area contributed by atoms with Crippen molar-refractivity contribution in [2.75, 3.05) is 11.1 Å². The zero-order valence-corrected chi connectivity index (χ0v) is 17.4. The van der Waals surface area contributed by atoms with Crippen LogP contribution in [0, 0.1) is 0 Å². The largest absolute Gasteiger partial charge is 0.416 e. The van der Waals surface area contributed by atoms with Crippen molar-refractivity contribution in [3.05, 3.63) is 71.3 Å². The molecule has 0 aliphatic rings. The molecule has 29 heavy (non-hydrogen) atoms. The highest BCUT2D eigenvalue weighted by Crippen LogP contribution is 2.31. The van der Waals surface area contributed by atoms with Crippen molar-refractivity contribution in [2.24, 2.45) is 0 Å². The Morgan fingerprint density at radius 2 is 1.66 bits per heavy atom. The summed E-state index contributed by atoms with van der Waals surface area (Å²) >= 11 is 4.10. The van der Waals surface area contributed by atoms with E-state index >= 15 is 0 Å². The number of nitrogens with zero attached hydrogens (tertiary/aromatic N) is 2. The van der Waals surface area contributed by atoms with Crippen molar-refractivity contribution in [1.29, 1.82) is 0 Å². The summed E-state index contributed by atoms with van der Waals surface area (Å²) in [5, 5.41) is 11.1. The number of carbonyl (C=O) groups is 1. The topological polar surface area (TPSA) is 54.9 Å². The van der Waals surface area contributed by atoms with Gasteiger partial charge in [0.25, 0.3) is 0 Å². The second-order valence-corrected chi connectivity index (χ2v) is 9.07. The third-order valence-corrected chi connectivity index (χ3v) is 6.69. The number of thioether (sulfide) groups is 2. The third kappa shape index (κ3) is 7.06. The van der Waals surface area contributed by atoms with Crippen LogP contribution in [0.15, 0.2) is 58.9 Å². The summed E-state index contributed by atoms with van der Waals surface area (Å²) < 4.78 is 38.4. The average molecular weight is 456 g/mol. The van der Waals surface area contributed by atoms with E-state index < -0.39 is 11.7 Å². The number of aromatic nitrogens is 2. The van der Waals surface area contributed by atoms with Gasteiger partial charge in [-0.05, 0) is 23.3 Å². The molecule has 3 aromatic rings. The molecule has 0 fully saturated rings. The van der Waals surface area contributed by atoms with Gasteiger partial charge in [-0.15, -0.1) is 22.0 Å². The standard InChI is InChI=1S/C19H16F3N3OS3/c20-19(21,22)15-8-6-14(7-9-15)11-28-18-25-24-17(29-18)23-16(26)12-27-10-13-4-2-1-3-5-13/h1-9H,10-12H2,(H,23,24,26). The second-order valence-electron chi connectivity index (χ2n) is 5.88. The number of alkyl halides is 3. The molecule has 0 unspecified atom stereocenters. The lowest BCUT2D eigenvalue weighted by Crippen LogP contribution is -2.13. The summed E-state index contributed by atoms with van der Waals surface area (Å²) in [6.45, 7) is 0. The van der Waals surface area contributed by atoms with Gasteiger partial charge >= 0.3 is 6.18 Å². The summed E-state index contributed by atoms with van der Waals surface area (Å²) in [5.74, 6) is 1.37. The molecule has 1 aromatic heterocycles. The zero-order valence-electron chi connectivity index (χ0n) is 15.0. The fraction of sp³-hybridized carbons (Fsp3) is 0.211. The van der Waals surface area contributed by atoms with Crippen molar-refractivity contribution in [1.82, 2.24) is 10.2 Å². The molecule has 4 nitrogen and oxygen atoms in total. The van der Waals surface area contributed by atoms with Crippen molar-refractivity contribution < 1.29 is 18.0 Å². The Bertz CT molecular complexity index is 931. The number of amides is 1. The Balaban J connectivity index is 1.42. The van der Waals surface area contributed by atoms with Gasteiger partial charge in [-0.3, -0.25) is 10.1 Å². The fourth-order valence-electron chi connectivity index (χ4n) is 2.24. The molecular formula is C19H16F3N3OS3. The third-order valence-electron chi connectivity index (χ3n) is 3.64. The number of anilines is 1. The smallest absolute Gasteiger partial charge is 0.300 e. The number of nitrogens with one attached hydrogen (secondary N) is 1. The minimum Gasteiger partial charge on any atom is -0.300 e. The molecule has 0 saturated carbocycles. The molecule has 0 atom stereocenters. The van der Waals surface area contributed by atoms with E-state index in [0.717, 1.165) is 29.0 Å². The minimum atomic E-state index is -4.34. The highest BCUT2D eigenvalue weighted by atomic mass is 32.2. The normalized spacial score (nSPS) is 11.4. The second kappa shape index (κ2) is 10.1. The first kappa shape index (κ1) is 21.7. The van der Waals surface area contributed by atoms with Gasteiger partial charge in [-0.2, -0.15) is 13.2 Å². The van der Waals surface area contributed by atoms with Gasteiger partial charge < -0.3 is 0 Å². The molecule has 0 saturated heterocycles. The van der Waals surface area contributed by atoms with E-state index in [9.17, 15) is 18.0 Å². The first-order chi connectivity index (χ1) is 13.9. The number of halogens is 3. The maximum atomic E-state index is 12.6. The van der Waals surface area contributed by atoms with E-state index in [0.29, 0.717) is 21.0 Å². The molecule has 0 aliphatic carbocycles. The van der Waals surface area contributed by atoms with Gasteiger partial charge in [0.05, 0.1) is 11.3 Å². The van der Waals surface area contributed by atoms with Crippen LogP contribution in [-0.2, 0) is 22.5 Å². The maximum absolute atomic E-state index is 12.6. The van der Waals surface area contributed by atoms with Crippen LogP contribution in [0.4, 0.5) is 18.3 Å². The number of benzene rings is 2. The molecule has 0 bridgehead atoms. The van der Waals surface area contributed by atoms with E-state index in [1.807, 2.05) is 30.3 Å². The zero-order chi connectivity index (χ0) is 20.7. The number of carbonyl (C=O) groups excluding carboxylic acids is 1. The molecule has 0 radical (unpaired) electrons. The lowest BCUT2D eigenvalue weighted by Gasteiger charge is -2.06. The predicted octanol–water partition coefficient (Wildman–Crippen LogP) is 5.72. The Kier molecular flexibility index (Phi) is 7.57. The van der Waals surface area contributed by atoms with E-state index in [4.69, 9.17) is 0 Å². The van der Waals surface area contributed by atoms with Crippen LogP contribution in [0.2, 0.25) is 0 Å². The average Bonchev–Trinajstić information content (AvgIpc) is 3.14. The van der Waals surface area contributed by atoms with Crippen LogP contribution in [0.5, 0.6) is 0 Å². The van der Waals surface area contributed by atoms with E-state index in [2.05, 4.69) is 15.5 Å². The van der Waals surface area contributed by atoms with E-state index in [1.165, 1.54) is 47.0 Å². The van der Waals surface area contributed by atoms with Crippen LogP contribution >= 0.6 is 34.9 Å². The molecular weight excluding hydrogens is 439 g/mol. The predicted molar refractivity (Wildman–Crippen MR) is 112 cm³/mol. The molecule has 10 heteroatoms. The van der Waals surface area contributed by atoms with Gasteiger partial charge in [0.1, 0.15) is 0 Å². The molecule has 3 rings (SSSR count). The quantitative estimate of drug-likeness (QED) is 0.348. The Morgan fingerprint density at radius 3 is 2.34 bits per heavy atom. The van der Waals surface area contributed by atoms with Gasteiger partial charge in [-0.25, -0.2) is 0 Å². The Hall–Kier alpha value is -2.04. The van der Waals surface area contributed by atoms with Crippen LogP contribution in [0.25, 0.3) is 0 Å². The minimum absolute atomic E-state index is 0.152. The highest BCUT2D eigenvalue weighted by molar-refractivity contribution is 8.00. The van der Waals surface area contributed by atoms with Crippen LogP contribution in [0.1, 0.15) is 16.7 Å². The molecule has 152 valence electrons. The molecule has 1 amide bonds. The monoisotopic (exact) mass is 455 g/mol. The van der Waals surface area contributed by atoms with Crippen molar-refractivity contribution in [2.45, 2.75) is 22.0 Å². The van der Waals surface area contributed by atoms with Gasteiger partial charge in [-0.1, -0.05) is 65.6 Å². The van der Waals surface area contributed by atoms with Gasteiger partial charge in [0, 0.05) is 11.5 Å². The SMILES string of the molecule is O=C(CSCc1ccccc1)Nc1nnc(SCc2ccc(C(F)(F)F)cc2)s1. The Morgan fingerprint density at radius 1 is 0.966 bits per heavy atom. The lowest BCUT2D eigenvalue weighted by molar-refractivity contribution is -0.137. The molecule has 1 N–H and O–H groups in total. The fourth-order valence-corrected chi connectivity index (χ4v) is 4.76. The van der Waals surface area contributed by atoms with Gasteiger partial charge in [0.2, 0.25) is 11.0 Å². The molecule has 0 spiro atoms. The molecule has 2 aromatic carbocycles. The van der Waals surface area contributed by atoms with Crippen molar-refractivity contribution in [3.63, 3.8) is 0 Å². The van der Waals surface area contributed by atoms with Gasteiger partial charge in [0.15, 0.2) is 4.34 Å². The first-order valence-corrected chi connectivity index (χ1v) is 11.4.